The van der Waals surface area contributed by atoms with Gasteiger partial charge in [0.25, 0.3) is 0 Å². The highest BCUT2D eigenvalue weighted by atomic mass is 16.5. The van der Waals surface area contributed by atoms with Crippen molar-refractivity contribution in [2.45, 2.75) is 6.92 Å². The number of nitrogens with one attached hydrogen (secondary N) is 2. The van der Waals surface area contributed by atoms with Gasteiger partial charge in [-0.15, -0.1) is 0 Å². The fourth-order valence-corrected chi connectivity index (χ4v) is 2.31. The number of ether oxygens (including phenoxy) is 3. The van der Waals surface area contributed by atoms with E-state index in [1.165, 1.54) is 0 Å². The third-order valence-electron chi connectivity index (χ3n) is 3.53. The van der Waals surface area contributed by atoms with Crippen LogP contribution in [0.3, 0.4) is 0 Å². The third kappa shape index (κ3) is 7.03. The van der Waals surface area contributed by atoms with E-state index in [1.54, 1.807) is 12.1 Å². The quantitative estimate of drug-likeness (QED) is 0.440. The first-order valence-corrected chi connectivity index (χ1v) is 8.90. The summed E-state index contributed by atoms with van der Waals surface area (Å²) >= 11 is 0. The molecule has 2 aromatic carbocycles. The molecule has 1 amide bonds. The molecule has 0 aliphatic heterocycles. The Morgan fingerprint density at radius 2 is 1.67 bits per heavy atom. The molecule has 2 N–H and O–H groups in total. The minimum atomic E-state index is -0.186. The number of para-hydroxylation sites is 4. The summed E-state index contributed by atoms with van der Waals surface area (Å²) in [5.41, 5.74) is 1.37. The van der Waals surface area contributed by atoms with Crippen molar-refractivity contribution in [1.82, 2.24) is 0 Å². The van der Waals surface area contributed by atoms with Crippen molar-refractivity contribution >= 4 is 17.3 Å². The molecule has 0 unspecified atom stereocenters. The molecule has 0 saturated carbocycles. The molecule has 0 fully saturated rings. The number of amides is 1. The van der Waals surface area contributed by atoms with Crippen LogP contribution in [0.2, 0.25) is 0 Å². The summed E-state index contributed by atoms with van der Waals surface area (Å²) in [7, 11) is 0. The first-order chi connectivity index (χ1) is 13.2. The number of hydrogen-bond donors (Lipinski definition) is 2. The Balaban J connectivity index is 1.90. The van der Waals surface area contributed by atoms with Gasteiger partial charge in [0.05, 0.1) is 24.5 Å². The van der Waals surface area contributed by atoms with Crippen LogP contribution in [0.4, 0.5) is 11.4 Å². The van der Waals surface area contributed by atoms with Crippen LogP contribution in [-0.2, 0) is 9.53 Å². The van der Waals surface area contributed by atoms with E-state index in [-0.39, 0.29) is 12.5 Å². The highest BCUT2D eigenvalue weighted by molar-refractivity contribution is 5.95. The largest absolute Gasteiger partial charge is 0.489 e. The van der Waals surface area contributed by atoms with E-state index in [2.05, 4.69) is 17.2 Å². The van der Waals surface area contributed by atoms with Crippen LogP contribution in [0.1, 0.15) is 6.92 Å². The molecule has 2 aromatic rings. The average Bonchev–Trinajstić information content (AvgIpc) is 2.70. The van der Waals surface area contributed by atoms with Gasteiger partial charge in [0.1, 0.15) is 24.7 Å². The molecule has 144 valence electrons. The average molecular weight is 370 g/mol. The fourth-order valence-electron chi connectivity index (χ4n) is 2.31. The summed E-state index contributed by atoms with van der Waals surface area (Å²) in [5, 5.41) is 5.95. The Labute approximate surface area is 160 Å². The van der Waals surface area contributed by atoms with Crippen molar-refractivity contribution in [3.8, 4) is 11.5 Å². The summed E-state index contributed by atoms with van der Waals surface area (Å²) in [4.78, 5) is 12.3. The topological polar surface area (TPSA) is 68.8 Å². The molecule has 0 spiro atoms. The highest BCUT2D eigenvalue weighted by Crippen LogP contribution is 2.25. The molecule has 0 aliphatic rings. The summed E-state index contributed by atoms with van der Waals surface area (Å²) < 4.78 is 16.5. The van der Waals surface area contributed by atoms with Crippen molar-refractivity contribution < 1.29 is 19.0 Å². The molecule has 6 heteroatoms. The smallest absolute Gasteiger partial charge is 0.243 e. The molecule has 0 aromatic heterocycles. The van der Waals surface area contributed by atoms with Gasteiger partial charge in [0, 0.05) is 6.61 Å². The molecule has 0 radical (unpaired) electrons. The van der Waals surface area contributed by atoms with E-state index < -0.39 is 0 Å². The Hall–Kier alpha value is -2.99. The van der Waals surface area contributed by atoms with E-state index >= 15 is 0 Å². The highest BCUT2D eigenvalue weighted by Gasteiger charge is 2.09. The number of benzene rings is 2. The predicted octanol–water partition coefficient (Wildman–Crippen LogP) is 3.72. The van der Waals surface area contributed by atoms with E-state index in [0.717, 1.165) is 5.69 Å². The van der Waals surface area contributed by atoms with Gasteiger partial charge < -0.3 is 24.8 Å². The molecule has 6 nitrogen and oxygen atoms in total. The van der Waals surface area contributed by atoms with Crippen LogP contribution >= 0.6 is 0 Å². The lowest BCUT2D eigenvalue weighted by Gasteiger charge is -2.14. The second-order valence-corrected chi connectivity index (χ2v) is 5.54. The standard InChI is InChI=1S/C21H26N2O4/c1-3-13-26-19-11-7-5-9-17(19)22-16-21(24)23-18-10-6-8-12-20(18)27-15-14-25-4-2/h3,5-12,22H,1,4,13-16H2,2H3,(H,23,24). The normalized spacial score (nSPS) is 10.1. The second-order valence-electron chi connectivity index (χ2n) is 5.54. The molecular formula is C21H26N2O4. The van der Waals surface area contributed by atoms with Crippen LogP contribution in [0.5, 0.6) is 11.5 Å². The maximum absolute atomic E-state index is 12.3. The van der Waals surface area contributed by atoms with Gasteiger partial charge in [-0.2, -0.15) is 0 Å². The van der Waals surface area contributed by atoms with Crippen molar-refractivity contribution in [2.24, 2.45) is 0 Å². The molecule has 0 bridgehead atoms. The van der Waals surface area contributed by atoms with Crippen molar-refractivity contribution in [1.29, 1.82) is 0 Å². The summed E-state index contributed by atoms with van der Waals surface area (Å²) in [6.45, 7) is 7.64. The van der Waals surface area contributed by atoms with E-state index in [1.807, 2.05) is 49.4 Å². The zero-order valence-corrected chi connectivity index (χ0v) is 15.6. The van der Waals surface area contributed by atoms with Gasteiger partial charge in [0.15, 0.2) is 0 Å². The lowest BCUT2D eigenvalue weighted by Crippen LogP contribution is -2.22. The van der Waals surface area contributed by atoms with E-state index in [9.17, 15) is 4.79 Å². The third-order valence-corrected chi connectivity index (χ3v) is 3.53. The maximum Gasteiger partial charge on any atom is 0.243 e. The number of hydrogen-bond acceptors (Lipinski definition) is 5. The van der Waals surface area contributed by atoms with E-state index in [4.69, 9.17) is 14.2 Å². The van der Waals surface area contributed by atoms with Crippen molar-refractivity contribution in [3.63, 3.8) is 0 Å². The minimum Gasteiger partial charge on any atom is -0.489 e. The molecular weight excluding hydrogens is 344 g/mol. The van der Waals surface area contributed by atoms with Crippen LogP contribution in [0.25, 0.3) is 0 Å². The maximum atomic E-state index is 12.3. The van der Waals surface area contributed by atoms with Gasteiger partial charge in [-0.25, -0.2) is 0 Å². The Kier molecular flexibility index (Phi) is 8.73. The lowest BCUT2D eigenvalue weighted by molar-refractivity contribution is -0.114. The molecule has 0 aliphatic carbocycles. The minimum absolute atomic E-state index is 0.0990. The number of anilines is 2. The van der Waals surface area contributed by atoms with Crippen LogP contribution in [0, 0.1) is 0 Å². The Bertz CT molecular complexity index is 734. The Morgan fingerprint density at radius 3 is 2.37 bits per heavy atom. The Morgan fingerprint density at radius 1 is 1.00 bits per heavy atom. The molecule has 0 saturated heterocycles. The predicted molar refractivity (Wildman–Crippen MR) is 108 cm³/mol. The lowest BCUT2D eigenvalue weighted by atomic mass is 10.2. The first-order valence-electron chi connectivity index (χ1n) is 8.90. The van der Waals surface area contributed by atoms with Gasteiger partial charge in [-0.1, -0.05) is 36.9 Å². The van der Waals surface area contributed by atoms with Crippen molar-refractivity contribution in [2.75, 3.05) is 43.6 Å². The molecule has 27 heavy (non-hydrogen) atoms. The zero-order valence-electron chi connectivity index (χ0n) is 15.6. The number of carbonyl (C=O) groups excluding carboxylic acids is 1. The van der Waals surface area contributed by atoms with Crippen molar-refractivity contribution in [3.05, 3.63) is 61.2 Å². The van der Waals surface area contributed by atoms with Crippen LogP contribution in [-0.4, -0.2) is 38.9 Å². The monoisotopic (exact) mass is 370 g/mol. The number of carbonyl (C=O) groups is 1. The molecule has 0 heterocycles. The SMILES string of the molecule is C=CCOc1ccccc1NCC(=O)Nc1ccccc1OCCOCC. The van der Waals surface area contributed by atoms with Crippen LogP contribution < -0.4 is 20.1 Å². The summed E-state index contributed by atoms with van der Waals surface area (Å²) in [6.07, 6.45) is 1.67. The molecule has 0 atom stereocenters. The van der Waals surface area contributed by atoms with Gasteiger partial charge in [-0.3, -0.25) is 4.79 Å². The van der Waals surface area contributed by atoms with Gasteiger partial charge in [-0.05, 0) is 31.2 Å². The number of rotatable bonds is 12. The fraction of sp³-hybridized carbons (Fsp3) is 0.286. The second kappa shape index (κ2) is 11.6. The zero-order chi connectivity index (χ0) is 19.3. The van der Waals surface area contributed by atoms with Crippen LogP contribution in [0.15, 0.2) is 61.2 Å². The summed E-state index contributed by atoms with van der Waals surface area (Å²) in [5.74, 6) is 1.10. The van der Waals surface area contributed by atoms with E-state index in [0.29, 0.717) is 43.6 Å². The van der Waals surface area contributed by atoms with Gasteiger partial charge in [0.2, 0.25) is 5.91 Å². The first kappa shape index (κ1) is 20.3. The molecule has 2 rings (SSSR count). The van der Waals surface area contributed by atoms with Gasteiger partial charge >= 0.3 is 0 Å². The summed E-state index contributed by atoms with van der Waals surface area (Å²) in [6, 6.07) is 14.8.